The van der Waals surface area contributed by atoms with Gasteiger partial charge in [0.05, 0.1) is 6.10 Å². The van der Waals surface area contributed by atoms with Gasteiger partial charge >= 0.3 is 0 Å². The van der Waals surface area contributed by atoms with Crippen LogP contribution in [0.15, 0.2) is 24.3 Å². The molecular weight excluding hydrogens is 309 g/mol. The molecule has 3 N–H and O–H groups in total. The van der Waals surface area contributed by atoms with E-state index in [1.54, 1.807) is 6.07 Å². The van der Waals surface area contributed by atoms with E-state index in [1.165, 1.54) is 18.2 Å². The molecule has 0 saturated carbocycles. The Morgan fingerprint density at radius 2 is 2.32 bits per heavy atom. The lowest BCUT2D eigenvalue weighted by Gasteiger charge is -2.14. The minimum absolute atomic E-state index is 0.159. The second-order valence-electron chi connectivity index (χ2n) is 4.76. The molecule has 1 amide bonds. The second kappa shape index (κ2) is 8.50. The molecule has 2 rings (SSSR count). The number of carbonyl (C=O) groups is 1. The van der Waals surface area contributed by atoms with Gasteiger partial charge < -0.3 is 14.8 Å². The van der Waals surface area contributed by atoms with Crippen LogP contribution in [0.2, 0.25) is 0 Å². The fourth-order valence-electron chi connectivity index (χ4n) is 1.92. The Morgan fingerprint density at radius 3 is 3.05 bits per heavy atom. The first-order chi connectivity index (χ1) is 10.6. The van der Waals surface area contributed by atoms with Crippen LogP contribution in [0.4, 0.5) is 4.39 Å². The monoisotopic (exact) mass is 327 g/mol. The molecular formula is C14H18FN3O3S. The van der Waals surface area contributed by atoms with Crippen molar-refractivity contribution >= 4 is 23.2 Å². The third-order valence-corrected chi connectivity index (χ3v) is 3.24. The summed E-state index contributed by atoms with van der Waals surface area (Å²) < 4.78 is 23.5. The minimum atomic E-state index is -0.425. The highest BCUT2D eigenvalue weighted by Gasteiger charge is 2.15. The van der Waals surface area contributed by atoms with E-state index in [1.807, 2.05) is 0 Å². The van der Waals surface area contributed by atoms with E-state index in [-0.39, 0.29) is 18.5 Å². The van der Waals surface area contributed by atoms with Crippen molar-refractivity contribution in [3.8, 4) is 5.75 Å². The molecule has 1 saturated heterocycles. The number of hydrazine groups is 1. The number of benzene rings is 1. The maximum Gasteiger partial charge on any atom is 0.276 e. The summed E-state index contributed by atoms with van der Waals surface area (Å²) in [6, 6.07) is 5.57. The average molecular weight is 327 g/mol. The molecule has 1 fully saturated rings. The normalized spacial score (nSPS) is 16.9. The molecule has 0 unspecified atom stereocenters. The van der Waals surface area contributed by atoms with Crippen LogP contribution in [0, 0.1) is 5.82 Å². The molecule has 6 nitrogen and oxygen atoms in total. The van der Waals surface area contributed by atoms with Crippen LogP contribution >= 0.6 is 12.2 Å². The van der Waals surface area contributed by atoms with Crippen molar-refractivity contribution in [3.05, 3.63) is 30.1 Å². The van der Waals surface area contributed by atoms with Gasteiger partial charge in [-0.2, -0.15) is 0 Å². The number of halogens is 1. The summed E-state index contributed by atoms with van der Waals surface area (Å²) in [7, 11) is 0. The van der Waals surface area contributed by atoms with Gasteiger partial charge in [0.1, 0.15) is 11.6 Å². The molecule has 0 aliphatic carbocycles. The van der Waals surface area contributed by atoms with Gasteiger partial charge in [0.15, 0.2) is 11.7 Å². The number of nitrogens with one attached hydrogen (secondary N) is 3. The van der Waals surface area contributed by atoms with E-state index in [2.05, 4.69) is 16.2 Å². The van der Waals surface area contributed by atoms with Gasteiger partial charge in [-0.15, -0.1) is 0 Å². The van der Waals surface area contributed by atoms with Crippen molar-refractivity contribution in [2.45, 2.75) is 18.9 Å². The van der Waals surface area contributed by atoms with E-state index in [9.17, 15) is 9.18 Å². The molecule has 8 heteroatoms. The molecule has 0 radical (unpaired) electrons. The molecule has 1 aliphatic rings. The lowest BCUT2D eigenvalue weighted by atomic mass is 10.2. The van der Waals surface area contributed by atoms with Gasteiger partial charge in [-0.25, -0.2) is 4.39 Å². The highest BCUT2D eigenvalue weighted by Crippen LogP contribution is 2.11. The van der Waals surface area contributed by atoms with E-state index in [0.29, 0.717) is 11.7 Å². The van der Waals surface area contributed by atoms with Gasteiger partial charge in [-0.1, -0.05) is 6.07 Å². The fourth-order valence-corrected chi connectivity index (χ4v) is 2.06. The fraction of sp³-hybridized carbons (Fsp3) is 0.429. The molecule has 1 aromatic rings. The predicted octanol–water partition coefficient (Wildman–Crippen LogP) is 0.879. The third kappa shape index (κ3) is 5.82. The summed E-state index contributed by atoms with van der Waals surface area (Å²) in [6.07, 6.45) is 2.22. The lowest BCUT2D eigenvalue weighted by molar-refractivity contribution is -0.123. The smallest absolute Gasteiger partial charge is 0.276 e. The van der Waals surface area contributed by atoms with Crippen LogP contribution in [-0.2, 0) is 9.53 Å². The Morgan fingerprint density at radius 1 is 1.45 bits per heavy atom. The second-order valence-corrected chi connectivity index (χ2v) is 5.17. The van der Waals surface area contributed by atoms with Crippen LogP contribution in [0.1, 0.15) is 12.8 Å². The maximum absolute atomic E-state index is 12.9. The Bertz CT molecular complexity index is 524. The number of ether oxygens (including phenoxy) is 2. The summed E-state index contributed by atoms with van der Waals surface area (Å²) in [5, 5.41) is 3.25. The Labute approximate surface area is 133 Å². The first kappa shape index (κ1) is 16.4. The zero-order chi connectivity index (χ0) is 15.8. The van der Waals surface area contributed by atoms with Gasteiger partial charge in [-0.3, -0.25) is 15.6 Å². The molecule has 0 bridgehead atoms. The van der Waals surface area contributed by atoms with Crippen LogP contribution < -0.4 is 20.9 Å². The van der Waals surface area contributed by atoms with Crippen LogP contribution in [0.5, 0.6) is 5.75 Å². The predicted molar refractivity (Wildman–Crippen MR) is 82.7 cm³/mol. The largest absolute Gasteiger partial charge is 0.484 e. The zero-order valence-electron chi connectivity index (χ0n) is 11.9. The number of hydrogen-bond donors (Lipinski definition) is 3. The van der Waals surface area contributed by atoms with Crippen molar-refractivity contribution in [2.24, 2.45) is 0 Å². The van der Waals surface area contributed by atoms with Crippen LogP contribution in [0.25, 0.3) is 0 Å². The number of rotatable bonds is 5. The first-order valence-corrected chi connectivity index (χ1v) is 7.37. The summed E-state index contributed by atoms with van der Waals surface area (Å²) in [5.41, 5.74) is 4.96. The number of amides is 1. The van der Waals surface area contributed by atoms with Gasteiger partial charge in [0, 0.05) is 19.2 Å². The number of thiocarbonyl (C=S) groups is 1. The van der Waals surface area contributed by atoms with Crippen LogP contribution in [-0.4, -0.2) is 36.9 Å². The molecule has 0 spiro atoms. The van der Waals surface area contributed by atoms with Crippen molar-refractivity contribution in [2.75, 3.05) is 19.8 Å². The number of carbonyl (C=O) groups excluding carboxylic acids is 1. The summed E-state index contributed by atoms with van der Waals surface area (Å²) in [5.74, 6) is -0.560. The van der Waals surface area contributed by atoms with Crippen molar-refractivity contribution in [1.82, 2.24) is 16.2 Å². The molecule has 120 valence electrons. The molecule has 1 aromatic carbocycles. The highest BCUT2D eigenvalue weighted by molar-refractivity contribution is 7.80. The van der Waals surface area contributed by atoms with Gasteiger partial charge in [0.2, 0.25) is 0 Å². The van der Waals surface area contributed by atoms with Gasteiger partial charge in [-0.05, 0) is 37.2 Å². The maximum atomic E-state index is 12.9. The Hall–Kier alpha value is -1.93. The third-order valence-electron chi connectivity index (χ3n) is 3.00. The van der Waals surface area contributed by atoms with E-state index < -0.39 is 11.7 Å². The van der Waals surface area contributed by atoms with Gasteiger partial charge in [0.25, 0.3) is 5.91 Å². The van der Waals surface area contributed by atoms with E-state index >= 15 is 0 Å². The summed E-state index contributed by atoms with van der Waals surface area (Å²) in [4.78, 5) is 11.6. The molecule has 1 heterocycles. The molecule has 1 aliphatic heterocycles. The quantitative estimate of drug-likeness (QED) is 0.551. The van der Waals surface area contributed by atoms with E-state index in [4.69, 9.17) is 21.7 Å². The van der Waals surface area contributed by atoms with Crippen molar-refractivity contribution in [3.63, 3.8) is 0 Å². The van der Waals surface area contributed by atoms with E-state index in [0.717, 1.165) is 19.4 Å². The Kier molecular flexibility index (Phi) is 6.35. The molecule has 1 atom stereocenters. The SMILES string of the molecule is O=C(COc1cccc(F)c1)NNC(=S)NC[C@@H]1CCCO1. The molecule has 22 heavy (non-hydrogen) atoms. The Balaban J connectivity index is 1.59. The summed E-state index contributed by atoms with van der Waals surface area (Å²) >= 11 is 5.02. The lowest BCUT2D eigenvalue weighted by Crippen LogP contribution is -2.49. The van der Waals surface area contributed by atoms with Crippen molar-refractivity contribution < 1.29 is 18.7 Å². The molecule has 0 aromatic heterocycles. The topological polar surface area (TPSA) is 71.6 Å². The average Bonchev–Trinajstić information content (AvgIpc) is 3.02. The highest BCUT2D eigenvalue weighted by atomic mass is 32.1. The first-order valence-electron chi connectivity index (χ1n) is 6.96. The zero-order valence-corrected chi connectivity index (χ0v) is 12.7. The summed E-state index contributed by atoms with van der Waals surface area (Å²) in [6.45, 7) is 1.13. The van der Waals surface area contributed by atoms with Crippen LogP contribution in [0.3, 0.4) is 0 Å². The van der Waals surface area contributed by atoms with Crippen molar-refractivity contribution in [1.29, 1.82) is 0 Å². The standard InChI is InChI=1S/C14H18FN3O3S/c15-10-3-1-4-11(7-10)21-9-13(19)17-18-14(22)16-8-12-5-2-6-20-12/h1,3-4,7,12H,2,5-6,8-9H2,(H,17,19)(H2,16,18,22)/t12-/m0/s1. The number of hydrogen-bond acceptors (Lipinski definition) is 4. The minimum Gasteiger partial charge on any atom is -0.484 e.